The van der Waals surface area contributed by atoms with Crippen molar-refractivity contribution in [3.63, 3.8) is 0 Å². The molecule has 0 bridgehead atoms. The average molecular weight is 388 g/mol. The highest BCUT2D eigenvalue weighted by atomic mass is 32.1. The van der Waals surface area contributed by atoms with Crippen molar-refractivity contribution in [2.24, 2.45) is 0 Å². The maximum atomic E-state index is 12.7. The monoisotopic (exact) mass is 388 g/mol. The number of halogens is 3. The fourth-order valence-corrected chi connectivity index (χ4v) is 2.96. The van der Waals surface area contributed by atoms with Gasteiger partial charge >= 0.3 is 12.1 Å². The summed E-state index contributed by atoms with van der Waals surface area (Å²) >= 11 is 1.30. The zero-order chi connectivity index (χ0) is 19.3. The highest BCUT2D eigenvalue weighted by molar-refractivity contribution is 7.10. The first-order valence-corrected chi connectivity index (χ1v) is 8.26. The minimum Gasteiger partial charge on any atom is -0.469 e. The van der Waals surface area contributed by atoms with E-state index in [9.17, 15) is 27.6 Å². The molecule has 1 unspecified atom stereocenters. The second-order valence-electron chi connectivity index (χ2n) is 5.30. The number of hydrogen-bond donors (Lipinski definition) is 1. The summed E-state index contributed by atoms with van der Waals surface area (Å²) in [5, 5.41) is 4.30. The molecule has 140 valence electrons. The standard InChI is InChI=1S/C16H15F3N2O4S/c1-25-15(24)7-11(12-3-2-6-26-12)20-13(22)9-21-8-10(16(17,18)19)4-5-14(21)23/h2-6,8,11H,7,9H2,1H3,(H,20,22). The molecule has 0 saturated carbocycles. The van der Waals surface area contributed by atoms with Gasteiger partial charge in [-0.25, -0.2) is 0 Å². The summed E-state index contributed by atoms with van der Waals surface area (Å²) in [4.78, 5) is 36.1. The molecule has 10 heteroatoms. The van der Waals surface area contributed by atoms with Crippen molar-refractivity contribution >= 4 is 23.2 Å². The summed E-state index contributed by atoms with van der Waals surface area (Å²) in [5.74, 6) is -1.26. The maximum absolute atomic E-state index is 12.7. The van der Waals surface area contributed by atoms with Crippen LogP contribution in [0.15, 0.2) is 40.6 Å². The van der Waals surface area contributed by atoms with Gasteiger partial charge in [0.1, 0.15) is 6.54 Å². The number of ether oxygens (including phenoxy) is 1. The lowest BCUT2D eigenvalue weighted by Crippen LogP contribution is -2.35. The van der Waals surface area contributed by atoms with E-state index in [-0.39, 0.29) is 6.42 Å². The van der Waals surface area contributed by atoms with E-state index in [0.717, 1.165) is 6.07 Å². The van der Waals surface area contributed by atoms with Gasteiger partial charge in [-0.3, -0.25) is 14.4 Å². The first kappa shape index (κ1) is 19.7. The van der Waals surface area contributed by atoms with E-state index in [1.54, 1.807) is 17.5 Å². The minimum absolute atomic E-state index is 0.139. The van der Waals surface area contributed by atoms with Crippen LogP contribution < -0.4 is 10.9 Å². The number of hydrogen-bond acceptors (Lipinski definition) is 5. The molecule has 2 aromatic rings. The summed E-state index contributed by atoms with van der Waals surface area (Å²) in [7, 11) is 1.21. The van der Waals surface area contributed by atoms with Crippen molar-refractivity contribution in [1.82, 2.24) is 9.88 Å². The van der Waals surface area contributed by atoms with Crippen LogP contribution in [-0.2, 0) is 27.0 Å². The third kappa shape index (κ3) is 5.19. The number of carbonyl (C=O) groups excluding carboxylic acids is 2. The van der Waals surface area contributed by atoms with Crippen LogP contribution in [0, 0.1) is 0 Å². The molecule has 2 aromatic heterocycles. The third-order valence-corrected chi connectivity index (χ3v) is 4.43. The molecule has 26 heavy (non-hydrogen) atoms. The predicted molar refractivity (Wildman–Crippen MR) is 87.5 cm³/mol. The molecule has 0 spiro atoms. The lowest BCUT2D eigenvalue weighted by molar-refractivity contribution is -0.141. The molecule has 1 amide bonds. The number of carbonyl (C=O) groups is 2. The number of thiophene rings is 1. The van der Waals surface area contributed by atoms with E-state index < -0.39 is 41.8 Å². The van der Waals surface area contributed by atoms with Crippen LogP contribution in [0.3, 0.4) is 0 Å². The molecule has 1 N–H and O–H groups in total. The van der Waals surface area contributed by atoms with Gasteiger partial charge < -0.3 is 14.6 Å². The predicted octanol–water partition coefficient (Wildman–Crippen LogP) is 2.35. The van der Waals surface area contributed by atoms with Crippen LogP contribution in [0.5, 0.6) is 0 Å². The second kappa shape index (κ2) is 8.17. The molecular weight excluding hydrogens is 373 g/mol. The van der Waals surface area contributed by atoms with Gasteiger partial charge in [0.25, 0.3) is 5.56 Å². The lowest BCUT2D eigenvalue weighted by atomic mass is 10.1. The topological polar surface area (TPSA) is 77.4 Å². The number of rotatable bonds is 6. The maximum Gasteiger partial charge on any atom is 0.417 e. The summed E-state index contributed by atoms with van der Waals surface area (Å²) < 4.78 is 43.5. The SMILES string of the molecule is COC(=O)CC(NC(=O)Cn1cc(C(F)(F)F)ccc1=O)c1cccs1. The van der Waals surface area contributed by atoms with Gasteiger partial charge in [0.2, 0.25) is 5.91 Å². The third-order valence-electron chi connectivity index (χ3n) is 3.45. The smallest absolute Gasteiger partial charge is 0.417 e. The largest absolute Gasteiger partial charge is 0.469 e. The number of pyridine rings is 1. The Morgan fingerprint density at radius 2 is 2.04 bits per heavy atom. The van der Waals surface area contributed by atoms with Crippen molar-refractivity contribution in [3.8, 4) is 0 Å². The fourth-order valence-electron chi connectivity index (χ4n) is 2.18. The fraction of sp³-hybridized carbons (Fsp3) is 0.312. The summed E-state index contributed by atoms with van der Waals surface area (Å²) in [6.07, 6.45) is -4.18. The van der Waals surface area contributed by atoms with Crippen LogP contribution >= 0.6 is 11.3 Å². The molecule has 6 nitrogen and oxygen atoms in total. The highest BCUT2D eigenvalue weighted by Gasteiger charge is 2.31. The number of amides is 1. The molecule has 0 aromatic carbocycles. The van der Waals surface area contributed by atoms with Crippen molar-refractivity contribution in [3.05, 3.63) is 56.6 Å². The number of esters is 1. The number of methoxy groups -OCH3 is 1. The Kier molecular flexibility index (Phi) is 6.19. The quantitative estimate of drug-likeness (QED) is 0.771. The molecule has 2 rings (SSSR count). The normalized spacial score (nSPS) is 12.5. The Balaban J connectivity index is 2.15. The van der Waals surface area contributed by atoms with E-state index in [4.69, 9.17) is 0 Å². The van der Waals surface area contributed by atoms with E-state index in [1.807, 2.05) is 0 Å². The Hall–Kier alpha value is -2.62. The summed E-state index contributed by atoms with van der Waals surface area (Å²) in [5.41, 5.74) is -1.77. The number of aromatic nitrogens is 1. The number of nitrogens with zero attached hydrogens (tertiary/aromatic N) is 1. The second-order valence-corrected chi connectivity index (χ2v) is 6.28. The van der Waals surface area contributed by atoms with Crippen LogP contribution in [0.2, 0.25) is 0 Å². The summed E-state index contributed by atoms with van der Waals surface area (Å²) in [6, 6.07) is 4.14. The molecular formula is C16H15F3N2O4S. The first-order valence-electron chi connectivity index (χ1n) is 7.38. The molecule has 0 radical (unpaired) electrons. The Labute approximate surface area is 150 Å². The molecule has 0 aliphatic heterocycles. The number of alkyl halides is 3. The lowest BCUT2D eigenvalue weighted by Gasteiger charge is -2.17. The van der Waals surface area contributed by atoms with Crippen molar-refractivity contribution in [1.29, 1.82) is 0 Å². The van der Waals surface area contributed by atoms with E-state index in [0.29, 0.717) is 21.7 Å². The Bertz CT molecular complexity index is 831. The van der Waals surface area contributed by atoms with Gasteiger partial charge in [-0.1, -0.05) is 6.07 Å². The van der Waals surface area contributed by atoms with E-state index in [2.05, 4.69) is 10.1 Å². The number of nitrogens with one attached hydrogen (secondary N) is 1. The van der Waals surface area contributed by atoms with Gasteiger partial charge in [-0.15, -0.1) is 11.3 Å². The van der Waals surface area contributed by atoms with Gasteiger partial charge in [0.15, 0.2) is 0 Å². The minimum atomic E-state index is -4.63. The average Bonchev–Trinajstić information content (AvgIpc) is 3.09. The molecule has 1 atom stereocenters. The zero-order valence-corrected chi connectivity index (χ0v) is 14.4. The van der Waals surface area contributed by atoms with E-state index >= 15 is 0 Å². The van der Waals surface area contributed by atoms with Crippen molar-refractivity contribution < 1.29 is 27.5 Å². The molecule has 0 saturated heterocycles. The summed E-state index contributed by atoms with van der Waals surface area (Å²) in [6.45, 7) is -0.605. The van der Waals surface area contributed by atoms with Gasteiger partial charge in [-0.05, 0) is 17.5 Å². The van der Waals surface area contributed by atoms with Crippen LogP contribution in [0.4, 0.5) is 13.2 Å². The molecule has 0 fully saturated rings. The Morgan fingerprint density at radius 1 is 1.31 bits per heavy atom. The molecule has 2 heterocycles. The highest BCUT2D eigenvalue weighted by Crippen LogP contribution is 2.28. The van der Waals surface area contributed by atoms with Crippen LogP contribution in [0.25, 0.3) is 0 Å². The van der Waals surface area contributed by atoms with Crippen LogP contribution in [0.1, 0.15) is 22.9 Å². The molecule has 0 aliphatic rings. The van der Waals surface area contributed by atoms with Crippen molar-refractivity contribution in [2.45, 2.75) is 25.2 Å². The van der Waals surface area contributed by atoms with Crippen LogP contribution in [-0.4, -0.2) is 23.6 Å². The zero-order valence-electron chi connectivity index (χ0n) is 13.6. The van der Waals surface area contributed by atoms with Crippen molar-refractivity contribution in [2.75, 3.05) is 7.11 Å². The van der Waals surface area contributed by atoms with Gasteiger partial charge in [0.05, 0.1) is 25.1 Å². The van der Waals surface area contributed by atoms with Gasteiger partial charge in [0, 0.05) is 17.1 Å². The molecule has 0 aliphatic carbocycles. The van der Waals surface area contributed by atoms with E-state index in [1.165, 1.54) is 18.4 Å². The van der Waals surface area contributed by atoms with Gasteiger partial charge in [-0.2, -0.15) is 13.2 Å². The Morgan fingerprint density at radius 3 is 2.62 bits per heavy atom. The first-order chi connectivity index (χ1) is 12.2.